The van der Waals surface area contributed by atoms with E-state index in [2.05, 4.69) is 6.92 Å². The van der Waals surface area contributed by atoms with Crippen molar-refractivity contribution in [3.8, 4) is 0 Å². The van der Waals surface area contributed by atoms with Crippen LogP contribution in [0.25, 0.3) is 0 Å². The molecule has 0 aliphatic heterocycles. The minimum atomic E-state index is -2.33. The molecule has 0 atom stereocenters. The van der Waals surface area contributed by atoms with Crippen LogP contribution in [-0.2, 0) is 26.6 Å². The Morgan fingerprint density at radius 2 is 1.14 bits per heavy atom. The summed E-state index contributed by atoms with van der Waals surface area (Å²) in [6.07, 6.45) is 9.89. The maximum atomic E-state index is 5.75. The third kappa shape index (κ3) is 9.80. The standard InChI is InChI=1S/C11H26O3Si.C9H20O3Si/c1-5-9-10-11-15(12-6-2,13-7-3)14-8-4;1-10-13(11-2,12-3)9-7-5-4-6-8-9/h5-11H2,1-4H3;9H,4-8H2,1-3H3. The molecule has 0 N–H and O–H groups in total. The predicted molar refractivity (Wildman–Crippen MR) is 119 cm³/mol. The van der Waals surface area contributed by atoms with Crippen LogP contribution in [0.15, 0.2) is 0 Å². The minimum absolute atomic E-state index is 0.515. The minimum Gasteiger partial charge on any atom is -0.377 e. The number of hydrogen-bond donors (Lipinski definition) is 0. The monoisotopic (exact) mass is 438 g/mol. The van der Waals surface area contributed by atoms with Gasteiger partial charge in [-0.1, -0.05) is 39.0 Å². The highest BCUT2D eigenvalue weighted by Crippen LogP contribution is 2.37. The highest BCUT2D eigenvalue weighted by Gasteiger charge is 2.47. The Balaban J connectivity index is 0.000000525. The van der Waals surface area contributed by atoms with Crippen LogP contribution in [0.2, 0.25) is 11.6 Å². The molecule has 1 rings (SSSR count). The second kappa shape index (κ2) is 16.9. The third-order valence-electron chi connectivity index (χ3n) is 5.14. The summed E-state index contributed by atoms with van der Waals surface area (Å²) in [5.74, 6) is 0. The SMILES string of the molecule is CCCCC[Si](OCC)(OCC)OCC.CO[Si](OC)(OC)C1CCCCC1. The van der Waals surface area contributed by atoms with Gasteiger partial charge in [0.25, 0.3) is 0 Å². The molecule has 1 aliphatic rings. The van der Waals surface area contributed by atoms with Crippen LogP contribution >= 0.6 is 0 Å². The van der Waals surface area contributed by atoms with Crippen LogP contribution in [0.4, 0.5) is 0 Å². The molecule has 6 nitrogen and oxygen atoms in total. The Kier molecular flexibility index (Phi) is 17.1. The van der Waals surface area contributed by atoms with Crippen molar-refractivity contribution in [1.29, 1.82) is 0 Å². The fraction of sp³-hybridized carbons (Fsp3) is 1.00. The van der Waals surface area contributed by atoms with Crippen molar-refractivity contribution in [1.82, 2.24) is 0 Å². The van der Waals surface area contributed by atoms with Gasteiger partial charge in [0.2, 0.25) is 0 Å². The average molecular weight is 439 g/mol. The quantitative estimate of drug-likeness (QED) is 0.266. The van der Waals surface area contributed by atoms with Gasteiger partial charge in [0, 0.05) is 52.7 Å². The van der Waals surface area contributed by atoms with Crippen molar-refractivity contribution in [2.24, 2.45) is 0 Å². The summed E-state index contributed by atoms with van der Waals surface area (Å²) >= 11 is 0. The van der Waals surface area contributed by atoms with Crippen LogP contribution in [-0.4, -0.2) is 58.8 Å². The Labute approximate surface area is 176 Å². The molecule has 28 heavy (non-hydrogen) atoms. The van der Waals surface area contributed by atoms with Crippen molar-refractivity contribution < 1.29 is 26.6 Å². The molecule has 0 saturated heterocycles. The van der Waals surface area contributed by atoms with Gasteiger partial charge in [0.15, 0.2) is 0 Å². The maximum absolute atomic E-state index is 5.75. The predicted octanol–water partition coefficient (Wildman–Crippen LogP) is 5.42. The molecule has 1 fully saturated rings. The molecular weight excluding hydrogens is 392 g/mol. The Bertz CT molecular complexity index is 324. The van der Waals surface area contributed by atoms with Gasteiger partial charge in [-0.15, -0.1) is 0 Å². The van der Waals surface area contributed by atoms with Crippen molar-refractivity contribution >= 4 is 17.6 Å². The van der Waals surface area contributed by atoms with Crippen LogP contribution in [0.1, 0.15) is 79.1 Å². The first-order chi connectivity index (χ1) is 13.5. The molecular formula is C20H46O6Si2. The second-order valence-electron chi connectivity index (χ2n) is 6.99. The van der Waals surface area contributed by atoms with Crippen LogP contribution in [0.3, 0.4) is 0 Å². The normalized spacial score (nSPS) is 16.0. The summed E-state index contributed by atoms with van der Waals surface area (Å²) < 4.78 is 33.7. The molecule has 0 radical (unpaired) electrons. The second-order valence-corrected chi connectivity index (χ2v) is 13.0. The van der Waals surface area contributed by atoms with Gasteiger partial charge in [-0.25, -0.2) is 0 Å². The van der Waals surface area contributed by atoms with Crippen LogP contribution < -0.4 is 0 Å². The van der Waals surface area contributed by atoms with Gasteiger partial charge in [0.05, 0.1) is 0 Å². The molecule has 0 bridgehead atoms. The summed E-state index contributed by atoms with van der Waals surface area (Å²) in [6, 6.07) is 0.955. The summed E-state index contributed by atoms with van der Waals surface area (Å²) in [5.41, 5.74) is 0.515. The van der Waals surface area contributed by atoms with E-state index >= 15 is 0 Å². The lowest BCUT2D eigenvalue weighted by molar-refractivity contribution is 0.0706. The van der Waals surface area contributed by atoms with Gasteiger partial charge in [0.1, 0.15) is 0 Å². The Morgan fingerprint density at radius 1 is 0.679 bits per heavy atom. The van der Waals surface area contributed by atoms with Crippen LogP contribution in [0.5, 0.6) is 0 Å². The number of unbranched alkanes of at least 4 members (excludes halogenated alkanes) is 2. The van der Waals surface area contributed by atoms with Gasteiger partial charge in [-0.05, 0) is 40.0 Å². The molecule has 0 spiro atoms. The highest BCUT2D eigenvalue weighted by molar-refractivity contribution is 6.62. The summed E-state index contributed by atoms with van der Waals surface area (Å²) in [5, 5.41) is 0. The van der Waals surface area contributed by atoms with E-state index in [1.165, 1.54) is 44.9 Å². The molecule has 170 valence electrons. The highest BCUT2D eigenvalue weighted by atomic mass is 28.4. The molecule has 0 aromatic rings. The fourth-order valence-electron chi connectivity index (χ4n) is 3.80. The van der Waals surface area contributed by atoms with Crippen molar-refractivity contribution in [3.63, 3.8) is 0 Å². The summed E-state index contributed by atoms with van der Waals surface area (Å²) in [4.78, 5) is 0. The Hall–Kier alpha value is 0.194. The first-order valence-electron chi connectivity index (χ1n) is 11.1. The van der Waals surface area contributed by atoms with E-state index in [1.54, 1.807) is 21.3 Å². The summed E-state index contributed by atoms with van der Waals surface area (Å²) in [7, 11) is 0.457. The van der Waals surface area contributed by atoms with Gasteiger partial charge in [-0.2, -0.15) is 0 Å². The van der Waals surface area contributed by atoms with E-state index in [0.717, 1.165) is 12.5 Å². The number of rotatable bonds is 14. The van der Waals surface area contributed by atoms with Crippen molar-refractivity contribution in [2.75, 3.05) is 41.2 Å². The smallest absolute Gasteiger partial charge is 0.377 e. The van der Waals surface area contributed by atoms with E-state index in [-0.39, 0.29) is 0 Å². The number of hydrogen-bond acceptors (Lipinski definition) is 6. The van der Waals surface area contributed by atoms with E-state index in [4.69, 9.17) is 26.6 Å². The first-order valence-corrected chi connectivity index (χ1v) is 14.8. The molecule has 0 amide bonds. The zero-order valence-corrected chi connectivity index (χ0v) is 21.5. The molecule has 0 heterocycles. The molecule has 8 heteroatoms. The molecule has 0 aromatic carbocycles. The lowest BCUT2D eigenvalue weighted by Gasteiger charge is -2.34. The lowest BCUT2D eigenvalue weighted by atomic mass is 10.0. The van der Waals surface area contributed by atoms with Gasteiger partial charge in [-0.3, -0.25) is 0 Å². The van der Waals surface area contributed by atoms with Gasteiger partial charge >= 0.3 is 17.6 Å². The summed E-state index contributed by atoms with van der Waals surface area (Å²) in [6.45, 7) is 10.2. The average Bonchev–Trinajstić information content (AvgIpc) is 2.72. The fourth-order valence-corrected chi connectivity index (χ4v) is 9.10. The zero-order valence-electron chi connectivity index (χ0n) is 19.5. The third-order valence-corrected chi connectivity index (χ3v) is 11.6. The van der Waals surface area contributed by atoms with Crippen LogP contribution in [0, 0.1) is 0 Å². The van der Waals surface area contributed by atoms with Gasteiger partial charge < -0.3 is 26.6 Å². The molecule has 1 aliphatic carbocycles. The lowest BCUT2D eigenvalue weighted by Crippen LogP contribution is -2.48. The molecule has 0 aromatic heterocycles. The first kappa shape index (κ1) is 28.2. The van der Waals surface area contributed by atoms with Crippen molar-refractivity contribution in [2.45, 2.75) is 90.6 Å². The Morgan fingerprint density at radius 3 is 1.50 bits per heavy atom. The largest absolute Gasteiger partial charge is 0.503 e. The van der Waals surface area contributed by atoms with E-state index in [9.17, 15) is 0 Å². The zero-order chi connectivity index (χ0) is 21.3. The molecule has 1 saturated carbocycles. The van der Waals surface area contributed by atoms with E-state index < -0.39 is 17.6 Å². The van der Waals surface area contributed by atoms with E-state index in [0.29, 0.717) is 25.4 Å². The molecule has 0 unspecified atom stereocenters. The van der Waals surface area contributed by atoms with Crippen molar-refractivity contribution in [3.05, 3.63) is 0 Å². The van der Waals surface area contributed by atoms with E-state index in [1.807, 2.05) is 20.8 Å². The maximum Gasteiger partial charge on any atom is 0.503 e. The topological polar surface area (TPSA) is 55.4 Å².